The van der Waals surface area contributed by atoms with Gasteiger partial charge < -0.3 is 5.11 Å². The van der Waals surface area contributed by atoms with Crippen molar-refractivity contribution in [1.82, 2.24) is 9.37 Å². The first-order valence-corrected chi connectivity index (χ1v) is 11.0. The second-order valence-corrected chi connectivity index (χ2v) is 9.20. The smallest absolute Gasteiger partial charge is 0.329 e. The summed E-state index contributed by atoms with van der Waals surface area (Å²) >= 11 is 0. The number of sulfonamides is 1. The molecule has 1 aliphatic rings. The molecular weight excluding hydrogens is 408 g/mol. The molecule has 1 heterocycles. The van der Waals surface area contributed by atoms with E-state index >= 15 is 0 Å². The van der Waals surface area contributed by atoms with Crippen molar-refractivity contribution in [2.24, 2.45) is 0 Å². The van der Waals surface area contributed by atoms with E-state index in [1.165, 1.54) is 12.1 Å². The Morgan fingerprint density at radius 3 is 2.37 bits per heavy atom. The molecule has 2 atom stereocenters. The molecule has 0 unspecified atom stereocenters. The minimum absolute atomic E-state index is 0.0522. The number of hydrogen-bond donors (Lipinski definition) is 2. The number of aliphatic carboxylic acids is 1. The van der Waals surface area contributed by atoms with Crippen LogP contribution in [0.25, 0.3) is 0 Å². The summed E-state index contributed by atoms with van der Waals surface area (Å²) in [6.45, 7) is 1.96. The molecule has 0 bridgehead atoms. The number of carboxylic acid groups (broad SMARTS) is 1. The minimum atomic E-state index is -3.96. The Kier molecular flexibility index (Phi) is 6.55. The molecule has 8 nitrogen and oxygen atoms in total. The number of carbonyl (C=O) groups is 2. The van der Waals surface area contributed by atoms with Gasteiger partial charge in [0.1, 0.15) is 6.04 Å². The van der Waals surface area contributed by atoms with Crippen LogP contribution in [-0.2, 0) is 26.0 Å². The largest absolute Gasteiger partial charge is 0.480 e. The fraction of sp³-hybridized carbons (Fsp3) is 0.333. The summed E-state index contributed by atoms with van der Waals surface area (Å²) in [5.41, 5.74) is 1.53. The number of carboxylic acids is 1. The molecule has 0 aromatic heterocycles. The molecule has 0 saturated carbocycles. The van der Waals surface area contributed by atoms with Gasteiger partial charge in [0.05, 0.1) is 4.90 Å². The third-order valence-electron chi connectivity index (χ3n) is 5.19. The molecule has 0 spiro atoms. The number of benzene rings is 2. The fourth-order valence-corrected chi connectivity index (χ4v) is 5.19. The van der Waals surface area contributed by atoms with E-state index in [2.05, 4.69) is 0 Å². The molecule has 2 aromatic carbocycles. The average molecular weight is 432 g/mol. The van der Waals surface area contributed by atoms with Gasteiger partial charge in [-0.1, -0.05) is 48.0 Å². The predicted molar refractivity (Wildman–Crippen MR) is 108 cm³/mol. The summed E-state index contributed by atoms with van der Waals surface area (Å²) < 4.78 is 27.1. The summed E-state index contributed by atoms with van der Waals surface area (Å²) in [7, 11) is -3.96. The zero-order valence-electron chi connectivity index (χ0n) is 16.5. The van der Waals surface area contributed by atoms with Crippen molar-refractivity contribution < 1.29 is 28.3 Å². The van der Waals surface area contributed by atoms with Crippen molar-refractivity contribution >= 4 is 21.9 Å². The third-order valence-corrected chi connectivity index (χ3v) is 7.12. The van der Waals surface area contributed by atoms with Crippen molar-refractivity contribution in [3.63, 3.8) is 0 Å². The lowest BCUT2D eigenvalue weighted by Gasteiger charge is -2.29. The lowest BCUT2D eigenvalue weighted by atomic mass is 10.1. The van der Waals surface area contributed by atoms with Gasteiger partial charge >= 0.3 is 5.97 Å². The Labute approximate surface area is 175 Å². The van der Waals surface area contributed by atoms with Gasteiger partial charge in [-0.25, -0.2) is 18.3 Å². The minimum Gasteiger partial charge on any atom is -0.480 e. The van der Waals surface area contributed by atoms with Crippen LogP contribution in [-0.4, -0.2) is 58.6 Å². The third kappa shape index (κ3) is 4.53. The maximum Gasteiger partial charge on any atom is 0.329 e. The van der Waals surface area contributed by atoms with E-state index in [1.54, 1.807) is 42.5 Å². The fourth-order valence-electron chi connectivity index (χ4n) is 3.54. The molecule has 2 N–H and O–H groups in total. The monoisotopic (exact) mass is 432 g/mol. The summed E-state index contributed by atoms with van der Waals surface area (Å²) in [6.07, 6.45) is 0.542. The molecule has 1 amide bonds. The maximum atomic E-state index is 13.0. The summed E-state index contributed by atoms with van der Waals surface area (Å²) in [5, 5.41) is 20.2. The van der Waals surface area contributed by atoms with Crippen LogP contribution in [0, 0.1) is 6.92 Å². The maximum absolute atomic E-state index is 13.0. The summed E-state index contributed by atoms with van der Waals surface area (Å²) in [4.78, 5) is 24.7. The molecule has 0 radical (unpaired) electrons. The van der Waals surface area contributed by atoms with Gasteiger partial charge in [-0.05, 0) is 37.5 Å². The molecule has 160 valence electrons. The molecule has 9 heteroatoms. The quantitative estimate of drug-likeness (QED) is 0.511. The molecule has 30 heavy (non-hydrogen) atoms. The summed E-state index contributed by atoms with van der Waals surface area (Å²) in [6, 6.07) is 12.2. The zero-order chi connectivity index (χ0) is 21.9. The Balaban J connectivity index is 1.83. The van der Waals surface area contributed by atoms with Gasteiger partial charge in [0.2, 0.25) is 10.0 Å². The average Bonchev–Trinajstić information content (AvgIpc) is 3.22. The predicted octanol–water partition coefficient (Wildman–Crippen LogP) is 2.06. The molecule has 1 fully saturated rings. The normalized spacial score (nSPS) is 18.1. The van der Waals surface area contributed by atoms with Crippen LogP contribution in [0.5, 0.6) is 0 Å². The number of rotatable bonds is 7. The van der Waals surface area contributed by atoms with Gasteiger partial charge in [0, 0.05) is 13.0 Å². The first-order valence-electron chi connectivity index (χ1n) is 9.59. The SMILES string of the molecule is Cc1ccc(S(=O)(=O)N2CCC[C@H]2C(=O)N(O)[C@@H](Cc2ccccc2)C(=O)O)cc1. The summed E-state index contributed by atoms with van der Waals surface area (Å²) in [5.74, 6) is -2.31. The molecule has 0 aliphatic carbocycles. The van der Waals surface area contributed by atoms with E-state index in [0.29, 0.717) is 12.0 Å². The second kappa shape index (κ2) is 8.95. The second-order valence-electron chi connectivity index (χ2n) is 7.31. The lowest BCUT2D eigenvalue weighted by Crippen LogP contribution is -2.52. The van der Waals surface area contributed by atoms with Gasteiger partial charge in [-0.15, -0.1) is 0 Å². The van der Waals surface area contributed by atoms with Crippen LogP contribution in [0.4, 0.5) is 0 Å². The first kappa shape index (κ1) is 21.9. The van der Waals surface area contributed by atoms with E-state index in [0.717, 1.165) is 9.87 Å². The number of nitrogens with zero attached hydrogens (tertiary/aromatic N) is 2. The Morgan fingerprint density at radius 1 is 1.13 bits per heavy atom. The zero-order valence-corrected chi connectivity index (χ0v) is 17.3. The Bertz CT molecular complexity index is 1010. The van der Waals surface area contributed by atoms with E-state index in [4.69, 9.17) is 0 Å². The van der Waals surface area contributed by atoms with Gasteiger partial charge in [0.25, 0.3) is 5.91 Å². The Morgan fingerprint density at radius 2 is 1.77 bits per heavy atom. The number of amides is 1. The van der Waals surface area contributed by atoms with Crippen LogP contribution < -0.4 is 0 Å². The molecule has 2 aromatic rings. The van der Waals surface area contributed by atoms with Crippen molar-refractivity contribution in [2.45, 2.75) is 43.2 Å². The highest BCUT2D eigenvalue weighted by Crippen LogP contribution is 2.28. The van der Waals surface area contributed by atoms with Crippen LogP contribution in [0.2, 0.25) is 0 Å². The van der Waals surface area contributed by atoms with Gasteiger partial charge in [-0.3, -0.25) is 10.0 Å². The number of hydrogen-bond acceptors (Lipinski definition) is 5. The topological polar surface area (TPSA) is 115 Å². The molecular formula is C21H24N2O6S. The molecule has 1 saturated heterocycles. The standard InChI is InChI=1S/C21H24N2O6S/c1-15-9-11-17(12-10-15)30(28,29)22-13-5-8-18(22)20(24)23(27)19(21(25)26)14-16-6-3-2-4-7-16/h2-4,6-7,9-12,18-19,27H,5,8,13-14H2,1H3,(H,25,26)/t18-,19-/m0/s1. The highest BCUT2D eigenvalue weighted by molar-refractivity contribution is 7.89. The van der Waals surface area contributed by atoms with Crippen molar-refractivity contribution in [2.75, 3.05) is 6.54 Å². The first-order chi connectivity index (χ1) is 14.2. The van der Waals surface area contributed by atoms with Crippen molar-refractivity contribution in [3.8, 4) is 0 Å². The number of aryl methyl sites for hydroxylation is 1. The van der Waals surface area contributed by atoms with E-state index in [-0.39, 0.29) is 29.3 Å². The van der Waals surface area contributed by atoms with Crippen LogP contribution >= 0.6 is 0 Å². The lowest BCUT2D eigenvalue weighted by molar-refractivity contribution is -0.188. The van der Waals surface area contributed by atoms with Gasteiger partial charge in [-0.2, -0.15) is 4.31 Å². The van der Waals surface area contributed by atoms with Crippen LogP contribution in [0.3, 0.4) is 0 Å². The molecule has 1 aliphatic heterocycles. The number of carbonyl (C=O) groups excluding carboxylic acids is 1. The van der Waals surface area contributed by atoms with Gasteiger partial charge in [0.15, 0.2) is 6.04 Å². The van der Waals surface area contributed by atoms with E-state index in [1.807, 2.05) is 6.92 Å². The molecule has 3 rings (SSSR count). The number of hydroxylamine groups is 2. The van der Waals surface area contributed by atoms with E-state index < -0.39 is 34.0 Å². The Hall–Kier alpha value is -2.75. The van der Waals surface area contributed by atoms with Crippen LogP contribution in [0.15, 0.2) is 59.5 Å². The van der Waals surface area contributed by atoms with Crippen molar-refractivity contribution in [1.29, 1.82) is 0 Å². The highest BCUT2D eigenvalue weighted by atomic mass is 32.2. The van der Waals surface area contributed by atoms with Crippen molar-refractivity contribution in [3.05, 3.63) is 65.7 Å². The highest BCUT2D eigenvalue weighted by Gasteiger charge is 2.43. The van der Waals surface area contributed by atoms with Crippen LogP contribution in [0.1, 0.15) is 24.0 Å². The van der Waals surface area contributed by atoms with E-state index in [9.17, 15) is 28.3 Å².